The molecule has 1 atom stereocenters. The van der Waals surface area contributed by atoms with Crippen molar-refractivity contribution in [3.05, 3.63) is 47.9 Å². The normalized spacial score (nSPS) is 12.5. The highest BCUT2D eigenvalue weighted by Gasteiger charge is 2.13. The van der Waals surface area contributed by atoms with E-state index in [4.69, 9.17) is 4.42 Å². The number of aromatic nitrogens is 1. The summed E-state index contributed by atoms with van der Waals surface area (Å²) in [5.41, 5.74) is 0.981. The minimum atomic E-state index is -0.128. The van der Waals surface area contributed by atoms with Crippen molar-refractivity contribution >= 4 is 39.2 Å². The number of para-hydroxylation sites is 1. The highest BCUT2D eigenvalue weighted by atomic mass is 32.2. The van der Waals surface area contributed by atoms with Crippen molar-refractivity contribution in [2.45, 2.75) is 24.2 Å². The number of carbonyl (C=O) groups is 1. The zero-order chi connectivity index (χ0) is 15.5. The number of carbonyl (C=O) groups excluding carboxylic acids is 1. The molecule has 2 heterocycles. The quantitative estimate of drug-likeness (QED) is 0.713. The van der Waals surface area contributed by atoms with E-state index in [1.807, 2.05) is 50.2 Å². The molecule has 3 aromatic rings. The van der Waals surface area contributed by atoms with Crippen LogP contribution in [0.15, 0.2) is 45.2 Å². The van der Waals surface area contributed by atoms with Crippen LogP contribution in [0.1, 0.15) is 24.5 Å². The Morgan fingerprint density at radius 2 is 2.18 bits per heavy atom. The zero-order valence-electron chi connectivity index (χ0n) is 12.3. The largest absolute Gasteiger partial charge is 0.464 e. The highest BCUT2D eigenvalue weighted by Crippen LogP contribution is 2.29. The lowest BCUT2D eigenvalue weighted by Gasteiger charge is -2.10. The first-order valence-corrected chi connectivity index (χ1v) is 8.76. The maximum Gasteiger partial charge on any atom is 0.231 e. The molecule has 0 fully saturated rings. The molecule has 0 radical (unpaired) electrons. The third kappa shape index (κ3) is 3.51. The molecule has 0 saturated heterocycles. The number of nitrogens with zero attached hydrogens (tertiary/aromatic N) is 1. The van der Waals surface area contributed by atoms with E-state index in [1.165, 1.54) is 11.8 Å². The Labute approximate surface area is 136 Å². The predicted molar refractivity (Wildman–Crippen MR) is 90.3 cm³/mol. The highest BCUT2D eigenvalue weighted by molar-refractivity contribution is 8.01. The first kappa shape index (κ1) is 15.1. The van der Waals surface area contributed by atoms with Crippen molar-refractivity contribution in [2.24, 2.45) is 0 Å². The molecule has 1 unspecified atom stereocenters. The van der Waals surface area contributed by atoms with Crippen molar-refractivity contribution in [3.8, 4) is 0 Å². The van der Waals surface area contributed by atoms with Gasteiger partial charge in [0.1, 0.15) is 11.5 Å². The van der Waals surface area contributed by atoms with Gasteiger partial charge >= 0.3 is 0 Å². The van der Waals surface area contributed by atoms with Crippen molar-refractivity contribution in [2.75, 3.05) is 5.75 Å². The van der Waals surface area contributed by atoms with Crippen molar-refractivity contribution in [1.82, 2.24) is 10.3 Å². The smallest absolute Gasteiger partial charge is 0.231 e. The number of amides is 1. The van der Waals surface area contributed by atoms with E-state index < -0.39 is 0 Å². The van der Waals surface area contributed by atoms with Gasteiger partial charge in [0.15, 0.2) is 4.34 Å². The van der Waals surface area contributed by atoms with E-state index in [9.17, 15) is 4.79 Å². The topological polar surface area (TPSA) is 55.1 Å². The fourth-order valence-corrected chi connectivity index (χ4v) is 3.96. The Hall–Kier alpha value is -1.79. The molecular formula is C16H16N2O2S2. The second-order valence-electron chi connectivity index (χ2n) is 4.97. The number of nitrogens with one attached hydrogen (secondary N) is 1. The van der Waals surface area contributed by atoms with E-state index in [-0.39, 0.29) is 11.9 Å². The van der Waals surface area contributed by atoms with Crippen LogP contribution in [0.4, 0.5) is 0 Å². The number of fused-ring (bicyclic) bond motifs is 1. The lowest BCUT2D eigenvalue weighted by atomic mass is 10.2. The van der Waals surface area contributed by atoms with Crippen LogP contribution in [0, 0.1) is 6.92 Å². The number of rotatable bonds is 5. The van der Waals surface area contributed by atoms with Gasteiger partial charge in [-0.05, 0) is 38.1 Å². The summed E-state index contributed by atoms with van der Waals surface area (Å²) in [6.07, 6.45) is 0. The maximum absolute atomic E-state index is 12.0. The number of hydrogen-bond acceptors (Lipinski definition) is 5. The maximum atomic E-state index is 12.0. The summed E-state index contributed by atoms with van der Waals surface area (Å²) in [5.74, 6) is 1.95. The number of hydrogen-bond donors (Lipinski definition) is 1. The fraction of sp³-hybridized carbons (Fsp3) is 0.250. The van der Waals surface area contributed by atoms with Gasteiger partial charge in [-0.3, -0.25) is 4.79 Å². The molecular weight excluding hydrogens is 316 g/mol. The van der Waals surface area contributed by atoms with Crippen LogP contribution in [0.5, 0.6) is 0 Å². The summed E-state index contributed by atoms with van der Waals surface area (Å²) >= 11 is 3.07. The summed E-state index contributed by atoms with van der Waals surface area (Å²) in [6, 6.07) is 11.6. The number of aryl methyl sites for hydroxylation is 1. The molecule has 1 amide bonds. The van der Waals surface area contributed by atoms with Gasteiger partial charge in [0.2, 0.25) is 5.91 Å². The second kappa shape index (κ2) is 6.54. The molecule has 0 aliphatic heterocycles. The van der Waals surface area contributed by atoms with E-state index in [2.05, 4.69) is 10.3 Å². The Balaban J connectivity index is 1.55. The van der Waals surface area contributed by atoms with Crippen LogP contribution >= 0.6 is 23.1 Å². The lowest BCUT2D eigenvalue weighted by molar-refractivity contribution is -0.119. The summed E-state index contributed by atoms with van der Waals surface area (Å²) in [4.78, 5) is 16.5. The number of benzene rings is 1. The van der Waals surface area contributed by atoms with Gasteiger partial charge in [-0.15, -0.1) is 11.3 Å². The molecule has 6 heteroatoms. The Bertz CT molecular complexity index is 761. The van der Waals surface area contributed by atoms with Crippen LogP contribution in [0.2, 0.25) is 0 Å². The van der Waals surface area contributed by atoms with Crippen molar-refractivity contribution < 1.29 is 9.21 Å². The first-order valence-electron chi connectivity index (χ1n) is 6.96. The molecule has 22 heavy (non-hydrogen) atoms. The number of furan rings is 1. The van der Waals surface area contributed by atoms with Crippen LogP contribution in [0.3, 0.4) is 0 Å². The van der Waals surface area contributed by atoms with Crippen LogP contribution in [-0.2, 0) is 4.79 Å². The Morgan fingerprint density at radius 3 is 2.91 bits per heavy atom. The van der Waals surface area contributed by atoms with Crippen molar-refractivity contribution in [3.63, 3.8) is 0 Å². The molecule has 1 aromatic carbocycles. The summed E-state index contributed by atoms with van der Waals surface area (Å²) < 4.78 is 7.58. The molecule has 0 saturated carbocycles. The summed E-state index contributed by atoms with van der Waals surface area (Å²) in [6.45, 7) is 3.81. The fourth-order valence-electron chi connectivity index (χ4n) is 2.08. The predicted octanol–water partition coefficient (Wildman–Crippen LogP) is 4.17. The standard InChI is InChI=1S/C16H16N2O2S2/c1-10-7-8-13(20-10)11(2)17-15(19)9-21-16-18-12-5-3-4-6-14(12)22-16/h3-8,11H,9H2,1-2H3,(H,17,19). The van der Waals surface area contributed by atoms with Crippen LogP contribution in [0.25, 0.3) is 10.2 Å². The van der Waals surface area contributed by atoms with Gasteiger partial charge in [-0.1, -0.05) is 23.9 Å². The van der Waals surface area contributed by atoms with Gasteiger partial charge in [0.05, 0.1) is 22.0 Å². The lowest BCUT2D eigenvalue weighted by Crippen LogP contribution is -2.27. The molecule has 0 aliphatic rings. The summed E-state index contributed by atoms with van der Waals surface area (Å²) in [7, 11) is 0. The van der Waals surface area contributed by atoms with E-state index in [1.54, 1.807) is 11.3 Å². The zero-order valence-corrected chi connectivity index (χ0v) is 14.0. The van der Waals surface area contributed by atoms with Gasteiger partial charge in [-0.25, -0.2) is 4.98 Å². The van der Waals surface area contributed by atoms with Gasteiger partial charge in [0, 0.05) is 0 Å². The second-order valence-corrected chi connectivity index (χ2v) is 7.23. The average molecular weight is 332 g/mol. The summed E-state index contributed by atoms with van der Waals surface area (Å²) in [5, 5.41) is 2.94. The van der Waals surface area contributed by atoms with E-state index >= 15 is 0 Å². The minimum absolute atomic E-state index is 0.0224. The number of thiazole rings is 1. The van der Waals surface area contributed by atoms with Gasteiger partial charge < -0.3 is 9.73 Å². The average Bonchev–Trinajstić information content (AvgIpc) is 3.10. The molecule has 3 rings (SSSR count). The molecule has 1 N–H and O–H groups in total. The molecule has 114 valence electrons. The SMILES string of the molecule is Cc1ccc(C(C)NC(=O)CSc2nc3ccccc3s2)o1. The van der Waals surface area contributed by atoms with Crippen LogP contribution < -0.4 is 5.32 Å². The Kier molecular flexibility index (Phi) is 4.49. The molecule has 4 nitrogen and oxygen atoms in total. The molecule has 0 bridgehead atoms. The van der Waals surface area contributed by atoms with Crippen molar-refractivity contribution in [1.29, 1.82) is 0 Å². The monoisotopic (exact) mass is 332 g/mol. The third-order valence-electron chi connectivity index (χ3n) is 3.17. The minimum Gasteiger partial charge on any atom is -0.464 e. The van der Waals surface area contributed by atoms with Gasteiger partial charge in [-0.2, -0.15) is 0 Å². The molecule has 2 aromatic heterocycles. The Morgan fingerprint density at radius 1 is 1.36 bits per heavy atom. The van der Waals surface area contributed by atoms with Crippen LogP contribution in [-0.4, -0.2) is 16.6 Å². The van der Waals surface area contributed by atoms with E-state index in [0.717, 1.165) is 26.1 Å². The molecule has 0 spiro atoms. The van der Waals surface area contributed by atoms with E-state index in [0.29, 0.717) is 5.75 Å². The first-order chi connectivity index (χ1) is 10.6. The number of thioether (sulfide) groups is 1. The van der Waals surface area contributed by atoms with Gasteiger partial charge in [0.25, 0.3) is 0 Å². The molecule has 0 aliphatic carbocycles. The third-order valence-corrected chi connectivity index (χ3v) is 5.35.